The Kier molecular flexibility index (Phi) is 8.83. The van der Waals surface area contributed by atoms with Crippen LogP contribution in [0, 0.1) is 10.1 Å². The van der Waals surface area contributed by atoms with Crippen LogP contribution in [0.1, 0.15) is 32.3 Å². The van der Waals surface area contributed by atoms with E-state index in [-0.39, 0.29) is 36.3 Å². The lowest BCUT2D eigenvalue weighted by atomic mass is 10.1. The fraction of sp³-hybridized carbons (Fsp3) is 0.444. The predicted molar refractivity (Wildman–Crippen MR) is 96.8 cm³/mol. The van der Waals surface area contributed by atoms with Gasteiger partial charge >= 0.3 is 11.7 Å². The molecule has 0 spiro atoms. The van der Waals surface area contributed by atoms with E-state index in [4.69, 9.17) is 9.47 Å². The normalized spacial score (nSPS) is 10.6. The molecule has 0 saturated heterocycles. The first-order chi connectivity index (χ1) is 12.4. The molecule has 142 valence electrons. The van der Waals surface area contributed by atoms with Crippen LogP contribution < -0.4 is 4.74 Å². The van der Waals surface area contributed by atoms with Crippen LogP contribution in [-0.2, 0) is 14.3 Å². The zero-order valence-electron chi connectivity index (χ0n) is 15.3. The Labute approximate surface area is 152 Å². The summed E-state index contributed by atoms with van der Waals surface area (Å²) >= 11 is 0. The Balaban J connectivity index is 2.74. The molecule has 0 aliphatic heterocycles. The SMILES string of the molecule is CCCOc1ccc(/C=C/C(=O)N(C)CCC(=O)OCC)cc1[N+](=O)[O-]. The molecule has 0 unspecified atom stereocenters. The first-order valence-electron chi connectivity index (χ1n) is 8.39. The second-order valence-corrected chi connectivity index (χ2v) is 5.48. The molecule has 1 aromatic carbocycles. The van der Waals surface area contributed by atoms with E-state index in [0.29, 0.717) is 18.8 Å². The number of nitro groups is 1. The topological polar surface area (TPSA) is 99.0 Å². The predicted octanol–water partition coefficient (Wildman–Crippen LogP) is 2.81. The average Bonchev–Trinajstić information content (AvgIpc) is 2.62. The van der Waals surface area contributed by atoms with Gasteiger partial charge in [-0.25, -0.2) is 0 Å². The summed E-state index contributed by atoms with van der Waals surface area (Å²) in [6.45, 7) is 4.54. The van der Waals surface area contributed by atoms with Crippen LogP contribution in [-0.4, -0.2) is 48.5 Å². The van der Waals surface area contributed by atoms with Gasteiger partial charge in [0.05, 0.1) is 24.6 Å². The van der Waals surface area contributed by atoms with E-state index < -0.39 is 4.92 Å². The van der Waals surface area contributed by atoms with E-state index in [1.807, 2.05) is 6.92 Å². The van der Waals surface area contributed by atoms with Crippen molar-refractivity contribution >= 4 is 23.6 Å². The van der Waals surface area contributed by atoms with Crippen molar-refractivity contribution in [3.05, 3.63) is 40.0 Å². The molecular formula is C18H24N2O6. The number of nitrogens with zero attached hydrogens (tertiary/aromatic N) is 2. The molecule has 26 heavy (non-hydrogen) atoms. The van der Waals surface area contributed by atoms with Crippen molar-refractivity contribution in [1.29, 1.82) is 0 Å². The van der Waals surface area contributed by atoms with Crippen molar-refractivity contribution in [2.75, 3.05) is 26.8 Å². The van der Waals surface area contributed by atoms with Gasteiger partial charge in [0.25, 0.3) is 0 Å². The molecule has 0 saturated carbocycles. The van der Waals surface area contributed by atoms with Crippen LogP contribution in [0.25, 0.3) is 6.08 Å². The minimum absolute atomic E-state index is 0.110. The quantitative estimate of drug-likeness (QED) is 0.274. The molecule has 0 aliphatic rings. The highest BCUT2D eigenvalue weighted by Gasteiger charge is 2.15. The molecule has 0 N–H and O–H groups in total. The van der Waals surface area contributed by atoms with Crippen LogP contribution >= 0.6 is 0 Å². The summed E-state index contributed by atoms with van der Waals surface area (Å²) in [7, 11) is 1.57. The number of amides is 1. The van der Waals surface area contributed by atoms with Gasteiger partial charge in [-0.05, 0) is 31.1 Å². The number of carbonyl (C=O) groups is 2. The van der Waals surface area contributed by atoms with Gasteiger partial charge in [0.1, 0.15) is 0 Å². The van der Waals surface area contributed by atoms with Crippen LogP contribution in [0.15, 0.2) is 24.3 Å². The Morgan fingerprint density at radius 3 is 2.65 bits per heavy atom. The lowest BCUT2D eigenvalue weighted by Crippen LogP contribution is -2.27. The van der Waals surface area contributed by atoms with E-state index in [9.17, 15) is 19.7 Å². The summed E-state index contributed by atoms with van der Waals surface area (Å²) in [4.78, 5) is 35.4. The standard InChI is InChI=1S/C18H24N2O6/c1-4-12-26-16-8-6-14(13-15(16)20(23)24)7-9-17(21)19(3)11-10-18(22)25-5-2/h6-9,13H,4-5,10-12H2,1-3H3/b9-7+. The first kappa shape index (κ1) is 21.1. The molecule has 0 bridgehead atoms. The Bertz CT molecular complexity index is 672. The maximum atomic E-state index is 12.0. The van der Waals surface area contributed by atoms with Gasteiger partial charge in [-0.1, -0.05) is 13.0 Å². The lowest BCUT2D eigenvalue weighted by Gasteiger charge is -2.14. The lowest BCUT2D eigenvalue weighted by molar-refractivity contribution is -0.385. The molecule has 8 heteroatoms. The average molecular weight is 364 g/mol. The molecule has 8 nitrogen and oxygen atoms in total. The van der Waals surface area contributed by atoms with E-state index in [2.05, 4.69) is 0 Å². The van der Waals surface area contributed by atoms with E-state index in [0.717, 1.165) is 6.42 Å². The number of likely N-dealkylation sites (N-methyl/N-ethyl adjacent to an activating group) is 1. The van der Waals surface area contributed by atoms with Gasteiger partial charge in [-0.2, -0.15) is 0 Å². The van der Waals surface area contributed by atoms with Gasteiger partial charge in [0.15, 0.2) is 5.75 Å². The summed E-state index contributed by atoms with van der Waals surface area (Å²) in [6, 6.07) is 4.51. The fourth-order valence-corrected chi connectivity index (χ4v) is 2.01. The van der Waals surface area contributed by atoms with Gasteiger partial charge in [0, 0.05) is 25.7 Å². The van der Waals surface area contributed by atoms with Crippen molar-refractivity contribution < 1.29 is 24.0 Å². The Morgan fingerprint density at radius 2 is 2.04 bits per heavy atom. The summed E-state index contributed by atoms with van der Waals surface area (Å²) in [6.07, 6.45) is 3.64. The molecule has 0 fully saturated rings. The second kappa shape index (κ2) is 10.9. The van der Waals surface area contributed by atoms with Crippen LogP contribution in [0.4, 0.5) is 5.69 Å². The fourth-order valence-electron chi connectivity index (χ4n) is 2.01. The molecule has 0 aromatic heterocycles. The molecule has 0 aliphatic carbocycles. The monoisotopic (exact) mass is 364 g/mol. The van der Waals surface area contributed by atoms with Crippen molar-refractivity contribution in [3.8, 4) is 5.75 Å². The highest BCUT2D eigenvalue weighted by Crippen LogP contribution is 2.28. The highest BCUT2D eigenvalue weighted by molar-refractivity contribution is 5.92. The van der Waals surface area contributed by atoms with Gasteiger partial charge < -0.3 is 14.4 Å². The van der Waals surface area contributed by atoms with Crippen LogP contribution in [0.5, 0.6) is 5.75 Å². The highest BCUT2D eigenvalue weighted by atomic mass is 16.6. The number of rotatable bonds is 10. The van der Waals surface area contributed by atoms with Crippen LogP contribution in [0.2, 0.25) is 0 Å². The van der Waals surface area contributed by atoms with E-state index in [1.165, 1.54) is 29.2 Å². The van der Waals surface area contributed by atoms with Crippen molar-refractivity contribution in [2.45, 2.75) is 26.7 Å². The first-order valence-corrected chi connectivity index (χ1v) is 8.39. The van der Waals surface area contributed by atoms with Crippen molar-refractivity contribution in [2.24, 2.45) is 0 Å². The minimum atomic E-state index is -0.518. The zero-order chi connectivity index (χ0) is 19.5. The Morgan fingerprint density at radius 1 is 1.31 bits per heavy atom. The molecule has 1 rings (SSSR count). The van der Waals surface area contributed by atoms with Crippen LogP contribution in [0.3, 0.4) is 0 Å². The smallest absolute Gasteiger partial charge is 0.311 e. The second-order valence-electron chi connectivity index (χ2n) is 5.48. The number of esters is 1. The molecule has 0 atom stereocenters. The molecule has 1 amide bonds. The molecule has 0 radical (unpaired) electrons. The van der Waals surface area contributed by atoms with E-state index >= 15 is 0 Å². The molecular weight excluding hydrogens is 340 g/mol. The summed E-state index contributed by atoms with van der Waals surface area (Å²) in [5, 5.41) is 11.2. The molecule has 1 aromatic rings. The maximum absolute atomic E-state index is 12.0. The summed E-state index contributed by atoms with van der Waals surface area (Å²) in [5.41, 5.74) is 0.358. The third-order valence-corrected chi connectivity index (χ3v) is 3.39. The zero-order valence-corrected chi connectivity index (χ0v) is 15.3. The number of ether oxygens (including phenoxy) is 2. The summed E-state index contributed by atoms with van der Waals surface area (Å²) < 4.78 is 10.2. The number of carbonyl (C=O) groups excluding carboxylic acids is 2. The van der Waals surface area contributed by atoms with Crippen molar-refractivity contribution in [3.63, 3.8) is 0 Å². The largest absolute Gasteiger partial charge is 0.487 e. The Hall–Kier alpha value is -2.90. The molecule has 0 heterocycles. The van der Waals surface area contributed by atoms with Crippen molar-refractivity contribution in [1.82, 2.24) is 4.90 Å². The summed E-state index contributed by atoms with van der Waals surface area (Å²) in [5.74, 6) is -0.482. The number of nitro benzene ring substituents is 1. The van der Waals surface area contributed by atoms with E-state index in [1.54, 1.807) is 20.0 Å². The van der Waals surface area contributed by atoms with Gasteiger partial charge in [-0.15, -0.1) is 0 Å². The third kappa shape index (κ3) is 6.92. The maximum Gasteiger partial charge on any atom is 0.311 e. The number of hydrogen-bond donors (Lipinski definition) is 0. The number of hydrogen-bond acceptors (Lipinski definition) is 6. The third-order valence-electron chi connectivity index (χ3n) is 3.39. The van der Waals surface area contributed by atoms with Gasteiger partial charge in [0.2, 0.25) is 5.91 Å². The number of benzene rings is 1. The van der Waals surface area contributed by atoms with Gasteiger partial charge in [-0.3, -0.25) is 19.7 Å². The minimum Gasteiger partial charge on any atom is -0.487 e.